The Morgan fingerprint density at radius 2 is 1.83 bits per heavy atom. The molecule has 0 saturated carbocycles. The summed E-state index contributed by atoms with van der Waals surface area (Å²) >= 11 is 0. The lowest BCUT2D eigenvalue weighted by molar-refractivity contribution is -0.116. The Morgan fingerprint density at radius 1 is 1.14 bits per heavy atom. The van der Waals surface area contributed by atoms with E-state index in [1.54, 1.807) is 38.3 Å². The number of carbonyl (C=O) groups excluding carboxylic acids is 1. The van der Waals surface area contributed by atoms with E-state index >= 15 is 0 Å². The molecule has 150 valence electrons. The first-order valence-corrected chi connectivity index (χ1v) is 9.24. The molecule has 2 N–H and O–H groups in total. The lowest BCUT2D eigenvalue weighted by Gasteiger charge is -2.16. The van der Waals surface area contributed by atoms with Gasteiger partial charge in [-0.25, -0.2) is 4.98 Å². The monoisotopic (exact) mass is 393 g/mol. The minimum absolute atomic E-state index is 0.166. The van der Waals surface area contributed by atoms with Crippen LogP contribution in [-0.4, -0.2) is 34.3 Å². The van der Waals surface area contributed by atoms with Crippen molar-refractivity contribution in [2.24, 2.45) is 0 Å². The van der Waals surface area contributed by atoms with E-state index in [-0.39, 0.29) is 31.0 Å². The van der Waals surface area contributed by atoms with Gasteiger partial charge in [0.15, 0.2) is 0 Å². The third-order valence-corrected chi connectivity index (χ3v) is 4.54. The molecule has 0 radical (unpaired) electrons. The number of carbonyl (C=O) groups is 1. The Balaban J connectivity index is 1.96. The van der Waals surface area contributed by atoms with E-state index < -0.39 is 0 Å². The normalized spacial score (nSPS) is 10.6. The second kappa shape index (κ2) is 9.16. The minimum Gasteiger partial charge on any atom is -0.497 e. The van der Waals surface area contributed by atoms with E-state index in [0.717, 1.165) is 5.56 Å². The summed E-state index contributed by atoms with van der Waals surface area (Å²) in [5.41, 5.74) is 1.97. The van der Waals surface area contributed by atoms with Crippen LogP contribution in [0.3, 0.4) is 0 Å². The first kappa shape index (κ1) is 20.3. The second-order valence-corrected chi connectivity index (χ2v) is 6.51. The Hall–Kier alpha value is -3.45. The highest BCUT2D eigenvalue weighted by Gasteiger charge is 2.17. The number of nitrogens with zero attached hydrogens (tertiary/aromatic N) is 2. The van der Waals surface area contributed by atoms with Crippen LogP contribution < -0.4 is 15.6 Å². The van der Waals surface area contributed by atoms with Gasteiger partial charge in [0, 0.05) is 35.5 Å². The molecular weight excluding hydrogens is 370 g/mol. The van der Waals surface area contributed by atoms with Gasteiger partial charge in [-0.15, -0.1) is 0 Å². The summed E-state index contributed by atoms with van der Waals surface area (Å²) in [6, 6.07) is 16.2. The van der Waals surface area contributed by atoms with Gasteiger partial charge < -0.3 is 15.2 Å². The fourth-order valence-corrected chi connectivity index (χ4v) is 3.07. The van der Waals surface area contributed by atoms with Crippen LogP contribution in [0.1, 0.15) is 11.3 Å². The molecule has 0 bridgehead atoms. The van der Waals surface area contributed by atoms with E-state index in [0.29, 0.717) is 28.5 Å². The van der Waals surface area contributed by atoms with E-state index in [2.05, 4.69) is 10.3 Å². The molecule has 3 rings (SSSR count). The van der Waals surface area contributed by atoms with Gasteiger partial charge in [-0.05, 0) is 31.2 Å². The van der Waals surface area contributed by atoms with Gasteiger partial charge in [0.25, 0.3) is 5.56 Å². The summed E-state index contributed by atoms with van der Waals surface area (Å²) in [7, 11) is 1.57. The maximum absolute atomic E-state index is 13.1. The summed E-state index contributed by atoms with van der Waals surface area (Å²) in [5.74, 6) is 0.747. The van der Waals surface area contributed by atoms with Crippen LogP contribution in [-0.2, 0) is 17.8 Å². The number of methoxy groups -OCH3 is 1. The van der Waals surface area contributed by atoms with Crippen LogP contribution >= 0.6 is 0 Å². The average molecular weight is 393 g/mol. The maximum Gasteiger partial charge on any atom is 0.257 e. The highest BCUT2D eigenvalue weighted by molar-refractivity contribution is 5.90. The van der Waals surface area contributed by atoms with Crippen LogP contribution in [0.2, 0.25) is 0 Å². The first-order valence-electron chi connectivity index (χ1n) is 9.24. The Bertz CT molecular complexity index is 1040. The molecule has 0 aliphatic rings. The molecule has 0 fully saturated rings. The molecule has 7 nitrogen and oxygen atoms in total. The van der Waals surface area contributed by atoms with E-state index in [1.165, 1.54) is 4.57 Å². The maximum atomic E-state index is 13.1. The van der Waals surface area contributed by atoms with Crippen molar-refractivity contribution in [3.63, 3.8) is 0 Å². The van der Waals surface area contributed by atoms with Crippen molar-refractivity contribution in [2.45, 2.75) is 19.9 Å². The van der Waals surface area contributed by atoms with Gasteiger partial charge in [-0.1, -0.05) is 30.3 Å². The number of aliphatic hydroxyl groups is 1. The number of benzene rings is 2. The molecular formula is C22H23N3O4. The molecule has 0 aliphatic carbocycles. The lowest BCUT2D eigenvalue weighted by atomic mass is 10.1. The quantitative estimate of drug-likeness (QED) is 0.643. The zero-order chi connectivity index (χ0) is 20.8. The topological polar surface area (TPSA) is 93.4 Å². The molecule has 1 heterocycles. The van der Waals surface area contributed by atoms with E-state index in [1.807, 2.05) is 30.3 Å². The number of hydrogen-bond donors (Lipinski definition) is 2. The number of aryl methyl sites for hydroxylation is 1. The Labute approximate surface area is 168 Å². The number of nitrogens with one attached hydrogen (secondary N) is 1. The molecule has 29 heavy (non-hydrogen) atoms. The average Bonchev–Trinajstić information content (AvgIpc) is 2.74. The number of rotatable bonds is 7. The molecule has 0 unspecified atom stereocenters. The van der Waals surface area contributed by atoms with Gasteiger partial charge in [0.05, 0.1) is 7.11 Å². The van der Waals surface area contributed by atoms with Gasteiger partial charge in [-0.2, -0.15) is 0 Å². The fraction of sp³-hybridized carbons (Fsp3) is 0.227. The number of aromatic nitrogens is 2. The molecule has 0 spiro atoms. The standard InChI is InChI=1S/C22H23N3O4/c1-15-19(12-13-26)22(28)25(21(23-15)16-6-4-3-5-7-16)14-20(27)24-17-8-10-18(29-2)11-9-17/h3-11,26H,12-14H2,1-2H3,(H,24,27). The van der Waals surface area contributed by atoms with Crippen molar-refractivity contribution in [1.82, 2.24) is 9.55 Å². The molecule has 0 saturated heterocycles. The highest BCUT2D eigenvalue weighted by Crippen LogP contribution is 2.18. The number of ether oxygens (including phenoxy) is 1. The molecule has 1 aromatic heterocycles. The van der Waals surface area contributed by atoms with Crippen LogP contribution in [0, 0.1) is 6.92 Å². The molecule has 0 atom stereocenters. The van der Waals surface area contributed by atoms with Crippen molar-refractivity contribution in [2.75, 3.05) is 19.0 Å². The lowest BCUT2D eigenvalue weighted by Crippen LogP contribution is -2.33. The van der Waals surface area contributed by atoms with Crippen LogP contribution in [0.15, 0.2) is 59.4 Å². The zero-order valence-corrected chi connectivity index (χ0v) is 16.4. The van der Waals surface area contributed by atoms with Crippen LogP contribution in [0.4, 0.5) is 5.69 Å². The van der Waals surface area contributed by atoms with Gasteiger partial charge in [0.1, 0.15) is 18.1 Å². The van der Waals surface area contributed by atoms with Gasteiger partial charge >= 0.3 is 0 Å². The van der Waals surface area contributed by atoms with Gasteiger partial charge in [-0.3, -0.25) is 14.2 Å². The summed E-state index contributed by atoms with van der Waals surface area (Å²) in [6.07, 6.45) is 0.187. The van der Waals surface area contributed by atoms with Crippen molar-refractivity contribution in [1.29, 1.82) is 0 Å². The molecule has 2 aromatic carbocycles. The predicted molar refractivity (Wildman–Crippen MR) is 111 cm³/mol. The summed E-state index contributed by atoms with van der Waals surface area (Å²) < 4.78 is 6.46. The number of hydrogen-bond acceptors (Lipinski definition) is 5. The molecule has 1 amide bonds. The predicted octanol–water partition coefficient (Wildman–Crippen LogP) is 2.40. The summed E-state index contributed by atoms with van der Waals surface area (Å²) in [6.45, 7) is 1.38. The third kappa shape index (κ3) is 4.70. The van der Waals surface area contributed by atoms with Crippen molar-refractivity contribution >= 4 is 11.6 Å². The molecule has 0 aliphatic heterocycles. The van der Waals surface area contributed by atoms with Crippen molar-refractivity contribution in [3.05, 3.63) is 76.2 Å². The van der Waals surface area contributed by atoms with E-state index in [4.69, 9.17) is 4.74 Å². The van der Waals surface area contributed by atoms with Crippen molar-refractivity contribution < 1.29 is 14.6 Å². The SMILES string of the molecule is COc1ccc(NC(=O)Cn2c(-c3ccccc3)nc(C)c(CCO)c2=O)cc1. The fourth-order valence-electron chi connectivity index (χ4n) is 3.07. The van der Waals surface area contributed by atoms with Crippen LogP contribution in [0.5, 0.6) is 5.75 Å². The number of amides is 1. The number of anilines is 1. The largest absolute Gasteiger partial charge is 0.497 e. The Kier molecular flexibility index (Phi) is 6.41. The van der Waals surface area contributed by atoms with Gasteiger partial charge in [0.2, 0.25) is 5.91 Å². The van der Waals surface area contributed by atoms with Crippen molar-refractivity contribution in [3.8, 4) is 17.1 Å². The zero-order valence-electron chi connectivity index (χ0n) is 16.4. The Morgan fingerprint density at radius 3 is 2.45 bits per heavy atom. The third-order valence-electron chi connectivity index (χ3n) is 4.54. The number of aliphatic hydroxyl groups excluding tert-OH is 1. The first-order chi connectivity index (χ1) is 14.0. The van der Waals surface area contributed by atoms with E-state index in [9.17, 15) is 14.7 Å². The second-order valence-electron chi connectivity index (χ2n) is 6.51. The molecule has 7 heteroatoms. The summed E-state index contributed by atoms with van der Waals surface area (Å²) in [5, 5.41) is 12.1. The molecule has 3 aromatic rings. The highest BCUT2D eigenvalue weighted by atomic mass is 16.5. The van der Waals surface area contributed by atoms with Crippen LogP contribution in [0.25, 0.3) is 11.4 Å². The summed E-state index contributed by atoms with van der Waals surface area (Å²) in [4.78, 5) is 30.3. The minimum atomic E-state index is -0.352. The smallest absolute Gasteiger partial charge is 0.257 e.